The van der Waals surface area contributed by atoms with E-state index in [2.05, 4.69) is 19.2 Å². The second-order valence-electron chi connectivity index (χ2n) is 18.5. The summed E-state index contributed by atoms with van der Waals surface area (Å²) in [5.74, 6) is -0.252. The minimum Gasteiger partial charge on any atom is -0.394 e. The van der Waals surface area contributed by atoms with Crippen molar-refractivity contribution in [2.75, 3.05) is 13.2 Å². The van der Waals surface area contributed by atoms with Gasteiger partial charge in [-0.1, -0.05) is 232 Å². The number of carbonyl (C=O) groups excluding carboxylic acids is 1. The molecule has 7 unspecified atom stereocenters. The van der Waals surface area contributed by atoms with Gasteiger partial charge >= 0.3 is 0 Å². The molecule has 0 saturated carbocycles. The van der Waals surface area contributed by atoms with Crippen LogP contribution in [0.4, 0.5) is 0 Å². The highest BCUT2D eigenvalue weighted by molar-refractivity contribution is 5.76. The van der Waals surface area contributed by atoms with Gasteiger partial charge in [-0.25, -0.2) is 0 Å². The van der Waals surface area contributed by atoms with Crippen LogP contribution in [0.5, 0.6) is 0 Å². The summed E-state index contributed by atoms with van der Waals surface area (Å²) >= 11 is 0. The molecular formula is C50H99NO9. The van der Waals surface area contributed by atoms with Crippen LogP contribution in [0.25, 0.3) is 0 Å². The average molecular weight is 858 g/mol. The van der Waals surface area contributed by atoms with E-state index in [4.69, 9.17) is 9.47 Å². The monoisotopic (exact) mass is 858 g/mol. The molecule has 1 fully saturated rings. The number of carbonyl (C=O) groups is 1. The van der Waals surface area contributed by atoms with Crippen LogP contribution >= 0.6 is 0 Å². The third-order valence-corrected chi connectivity index (χ3v) is 12.8. The Hall–Kier alpha value is -0.850. The molecule has 1 aliphatic heterocycles. The third kappa shape index (κ3) is 30.3. The van der Waals surface area contributed by atoms with Crippen LogP contribution in [0.1, 0.15) is 251 Å². The average Bonchev–Trinajstić information content (AvgIpc) is 3.25. The van der Waals surface area contributed by atoms with E-state index < -0.39 is 55.6 Å². The van der Waals surface area contributed by atoms with Gasteiger partial charge in [-0.3, -0.25) is 4.79 Å². The zero-order valence-corrected chi connectivity index (χ0v) is 39.1. The number of hydrogen-bond donors (Lipinski definition) is 7. The first-order chi connectivity index (χ1) is 29.3. The van der Waals surface area contributed by atoms with Crippen LogP contribution in [0.15, 0.2) is 0 Å². The van der Waals surface area contributed by atoms with E-state index in [1.165, 1.54) is 186 Å². The quantitative estimate of drug-likeness (QED) is 0.0295. The van der Waals surface area contributed by atoms with Gasteiger partial charge in [0.15, 0.2) is 6.29 Å². The summed E-state index contributed by atoms with van der Waals surface area (Å²) in [6.07, 6.45) is 35.5. The molecule has 1 heterocycles. The lowest BCUT2D eigenvalue weighted by atomic mass is 9.98. The second kappa shape index (κ2) is 40.9. The molecule has 1 saturated heterocycles. The predicted octanol–water partition coefficient (Wildman–Crippen LogP) is 10.5. The lowest BCUT2D eigenvalue weighted by Crippen LogP contribution is -2.60. The molecule has 7 N–H and O–H groups in total. The minimum atomic E-state index is -1.60. The molecule has 1 rings (SSSR count). The Kier molecular flexibility index (Phi) is 39.0. The van der Waals surface area contributed by atoms with E-state index in [0.29, 0.717) is 6.42 Å². The molecule has 0 aromatic heterocycles. The highest BCUT2D eigenvalue weighted by atomic mass is 16.7. The fourth-order valence-electron chi connectivity index (χ4n) is 8.61. The summed E-state index contributed by atoms with van der Waals surface area (Å²) in [5, 5.41) is 65.3. The Morgan fingerprint density at radius 1 is 0.517 bits per heavy atom. The number of unbranched alkanes of at least 4 members (excludes halogenated alkanes) is 33. The van der Waals surface area contributed by atoms with Crippen LogP contribution in [0, 0.1) is 0 Å². The third-order valence-electron chi connectivity index (χ3n) is 12.8. The van der Waals surface area contributed by atoms with Crippen LogP contribution in [0.3, 0.4) is 0 Å². The second-order valence-corrected chi connectivity index (χ2v) is 18.5. The molecule has 0 radical (unpaired) electrons. The molecule has 60 heavy (non-hydrogen) atoms. The van der Waals surface area contributed by atoms with E-state index in [0.717, 1.165) is 38.5 Å². The number of amides is 1. The minimum absolute atomic E-state index is 0.252. The number of ether oxygens (including phenoxy) is 2. The van der Waals surface area contributed by atoms with Crippen molar-refractivity contribution in [2.45, 2.75) is 300 Å². The molecule has 1 amide bonds. The maximum atomic E-state index is 13.0. The van der Waals surface area contributed by atoms with E-state index in [1.807, 2.05) is 0 Å². The molecule has 0 aromatic carbocycles. The van der Waals surface area contributed by atoms with E-state index >= 15 is 0 Å². The van der Waals surface area contributed by atoms with Gasteiger partial charge in [0.25, 0.3) is 0 Å². The first-order valence-electron chi connectivity index (χ1n) is 25.8. The van der Waals surface area contributed by atoms with Gasteiger partial charge in [-0.2, -0.15) is 0 Å². The summed E-state index contributed by atoms with van der Waals surface area (Å²) in [6.45, 7) is 3.63. The van der Waals surface area contributed by atoms with Gasteiger partial charge in [0, 0.05) is 6.42 Å². The zero-order chi connectivity index (χ0) is 43.9. The molecule has 0 bridgehead atoms. The van der Waals surface area contributed by atoms with Gasteiger partial charge < -0.3 is 45.4 Å². The standard InChI is InChI=1S/C50H99NO9/c1-3-5-7-9-11-13-15-17-18-19-20-21-22-23-24-25-26-27-29-31-33-35-37-39-45(54)51-42(41-59-50-49(58)48(57)47(56)44(40-52)60-50)46(55)43(53)38-36-34-32-30-28-16-14-12-10-8-6-4-2/h42-44,46-50,52-53,55-58H,3-41H2,1-2H3,(H,51,54)/t42?,43-,44?,46?,47?,48?,49?,50?/m1/s1. The first-order valence-corrected chi connectivity index (χ1v) is 25.8. The van der Waals surface area contributed by atoms with Gasteiger partial charge in [-0.05, 0) is 12.8 Å². The summed E-state index contributed by atoms with van der Waals surface area (Å²) in [4.78, 5) is 13.0. The van der Waals surface area contributed by atoms with Crippen LogP contribution in [-0.4, -0.2) is 98.7 Å². The number of aliphatic hydroxyl groups is 6. The maximum absolute atomic E-state index is 13.0. The Morgan fingerprint density at radius 3 is 1.23 bits per heavy atom. The zero-order valence-electron chi connectivity index (χ0n) is 39.1. The Bertz CT molecular complexity index is 926. The van der Waals surface area contributed by atoms with E-state index in [1.54, 1.807) is 0 Å². The molecule has 0 spiro atoms. The summed E-state index contributed by atoms with van der Waals surface area (Å²) in [7, 11) is 0. The molecule has 10 nitrogen and oxygen atoms in total. The summed E-state index contributed by atoms with van der Waals surface area (Å²) in [5.41, 5.74) is 0. The number of aliphatic hydroxyl groups excluding tert-OH is 6. The Labute approximate surface area is 368 Å². The fourth-order valence-corrected chi connectivity index (χ4v) is 8.61. The molecule has 1 aliphatic rings. The molecule has 358 valence electrons. The molecule has 0 aliphatic carbocycles. The van der Waals surface area contributed by atoms with Crippen LogP contribution in [-0.2, 0) is 14.3 Å². The van der Waals surface area contributed by atoms with Gasteiger partial charge in [-0.15, -0.1) is 0 Å². The lowest BCUT2D eigenvalue weighted by Gasteiger charge is -2.40. The van der Waals surface area contributed by atoms with Gasteiger partial charge in [0.2, 0.25) is 5.91 Å². The van der Waals surface area contributed by atoms with Crippen molar-refractivity contribution < 1.29 is 44.9 Å². The SMILES string of the molecule is CCCCCCCCCCCCCCCCCCCCCCCCCC(=O)NC(COC1OC(CO)C(O)C(O)C1O)C(O)[C@H](O)CCCCCCCCCCCCCC. The lowest BCUT2D eigenvalue weighted by molar-refractivity contribution is -0.303. The largest absolute Gasteiger partial charge is 0.394 e. The van der Waals surface area contributed by atoms with E-state index in [-0.39, 0.29) is 18.9 Å². The summed E-state index contributed by atoms with van der Waals surface area (Å²) < 4.78 is 11.2. The van der Waals surface area contributed by atoms with Gasteiger partial charge in [0.1, 0.15) is 30.5 Å². The van der Waals surface area contributed by atoms with Crippen molar-refractivity contribution in [2.24, 2.45) is 0 Å². The smallest absolute Gasteiger partial charge is 0.220 e. The number of rotatable bonds is 44. The van der Waals surface area contributed by atoms with Crippen molar-refractivity contribution in [3.63, 3.8) is 0 Å². The molecule has 8 atom stereocenters. The van der Waals surface area contributed by atoms with E-state index in [9.17, 15) is 35.4 Å². The Balaban J connectivity index is 2.26. The first kappa shape index (κ1) is 57.2. The highest BCUT2D eigenvalue weighted by Crippen LogP contribution is 2.23. The van der Waals surface area contributed by atoms with Crippen molar-refractivity contribution in [1.29, 1.82) is 0 Å². The van der Waals surface area contributed by atoms with Crippen molar-refractivity contribution in [1.82, 2.24) is 5.32 Å². The normalized spacial score (nSPS) is 21.0. The van der Waals surface area contributed by atoms with Crippen LogP contribution < -0.4 is 5.32 Å². The van der Waals surface area contributed by atoms with Gasteiger partial charge in [0.05, 0.1) is 25.4 Å². The number of hydrogen-bond acceptors (Lipinski definition) is 9. The molecule has 0 aromatic rings. The number of nitrogens with one attached hydrogen (secondary N) is 1. The Morgan fingerprint density at radius 2 is 0.867 bits per heavy atom. The maximum Gasteiger partial charge on any atom is 0.220 e. The summed E-state index contributed by atoms with van der Waals surface area (Å²) in [6, 6.07) is -0.985. The highest BCUT2D eigenvalue weighted by Gasteiger charge is 2.44. The van der Waals surface area contributed by atoms with Crippen molar-refractivity contribution >= 4 is 5.91 Å². The van der Waals surface area contributed by atoms with Crippen molar-refractivity contribution in [3.05, 3.63) is 0 Å². The molecular weight excluding hydrogens is 759 g/mol. The molecule has 10 heteroatoms. The van der Waals surface area contributed by atoms with Crippen molar-refractivity contribution in [3.8, 4) is 0 Å². The predicted molar refractivity (Wildman–Crippen MR) is 246 cm³/mol. The topological polar surface area (TPSA) is 169 Å². The fraction of sp³-hybridized carbons (Fsp3) is 0.980. The van der Waals surface area contributed by atoms with Crippen LogP contribution in [0.2, 0.25) is 0 Å².